The molecule has 0 spiro atoms. The second-order valence-electron chi connectivity index (χ2n) is 3.12. The lowest BCUT2D eigenvalue weighted by Crippen LogP contribution is -2.25. The maximum atomic E-state index is 11.3. The zero-order chi connectivity index (χ0) is 10.8. The number of hydrogen-bond acceptors (Lipinski definition) is 4. The number of methoxy groups -OCH3 is 1. The number of rotatable bonds is 2. The number of nitrogens with two attached hydrogens (primary N) is 1. The number of nitrogens with zero attached hydrogens (tertiary/aromatic N) is 2. The largest absolute Gasteiger partial charge is 0.468 e. The van der Waals surface area contributed by atoms with Crippen LogP contribution in [-0.4, -0.2) is 22.7 Å². The van der Waals surface area contributed by atoms with Crippen LogP contribution in [0.2, 0.25) is 0 Å². The Morgan fingerprint density at radius 1 is 1.53 bits per heavy atom. The van der Waals surface area contributed by atoms with E-state index in [1.165, 1.54) is 7.11 Å². The molecule has 0 fully saturated rings. The highest BCUT2D eigenvalue weighted by Gasteiger charge is 2.18. The Bertz CT molecular complexity index is 492. The zero-order valence-electron chi connectivity index (χ0n) is 8.25. The topological polar surface area (TPSA) is 69.6 Å². The molecule has 2 rings (SSSR count). The van der Waals surface area contributed by atoms with Gasteiger partial charge in [-0.25, -0.2) is 9.31 Å². The molecule has 78 valence electrons. The normalized spacial score (nSPS) is 12.7. The lowest BCUT2D eigenvalue weighted by Gasteiger charge is -2.10. The molecule has 2 aromatic rings. The van der Waals surface area contributed by atoms with E-state index in [1.54, 1.807) is 16.8 Å². The van der Waals surface area contributed by atoms with Crippen molar-refractivity contribution in [3.8, 4) is 0 Å². The van der Waals surface area contributed by atoms with Gasteiger partial charge in [-0.2, -0.15) is 5.10 Å². The van der Waals surface area contributed by atoms with Crippen molar-refractivity contribution in [2.75, 3.05) is 7.11 Å². The van der Waals surface area contributed by atoms with Crippen LogP contribution in [0.3, 0.4) is 0 Å². The quantitative estimate of drug-likeness (QED) is 0.725. The second kappa shape index (κ2) is 3.70. The molecule has 0 aliphatic heterocycles. The summed E-state index contributed by atoms with van der Waals surface area (Å²) >= 11 is 0. The van der Waals surface area contributed by atoms with Gasteiger partial charge in [-0.1, -0.05) is 6.07 Å². The monoisotopic (exact) mass is 205 g/mol. The fourth-order valence-corrected chi connectivity index (χ4v) is 1.45. The van der Waals surface area contributed by atoms with E-state index in [0.29, 0.717) is 5.69 Å². The van der Waals surface area contributed by atoms with Crippen molar-refractivity contribution in [2.24, 2.45) is 5.73 Å². The lowest BCUT2D eigenvalue weighted by molar-refractivity contribution is -0.142. The standard InChI is InChI=1S/C10H11N3O2/c1-15-10(14)9(11)8-4-2-3-7-5-6-12-13(7)8/h2-6,9H,11H2,1H3/t9-/m0/s1. The highest BCUT2D eigenvalue weighted by atomic mass is 16.5. The fraction of sp³-hybridized carbons (Fsp3) is 0.200. The predicted molar refractivity (Wildman–Crippen MR) is 54.1 cm³/mol. The molecule has 15 heavy (non-hydrogen) atoms. The average Bonchev–Trinajstić information content (AvgIpc) is 2.74. The Labute approximate surface area is 86.4 Å². The number of fused-ring (bicyclic) bond motifs is 1. The van der Waals surface area contributed by atoms with E-state index in [4.69, 9.17) is 5.73 Å². The van der Waals surface area contributed by atoms with Crippen LogP contribution in [0.25, 0.3) is 5.52 Å². The number of ether oxygens (including phenoxy) is 1. The second-order valence-corrected chi connectivity index (χ2v) is 3.12. The van der Waals surface area contributed by atoms with Gasteiger partial charge in [0.1, 0.15) is 6.04 Å². The summed E-state index contributed by atoms with van der Waals surface area (Å²) in [4.78, 5) is 11.3. The number of aromatic nitrogens is 2. The molecule has 2 N–H and O–H groups in total. The maximum absolute atomic E-state index is 11.3. The van der Waals surface area contributed by atoms with Crippen molar-refractivity contribution < 1.29 is 9.53 Å². The van der Waals surface area contributed by atoms with Gasteiger partial charge >= 0.3 is 5.97 Å². The third kappa shape index (κ3) is 1.57. The number of esters is 1. The lowest BCUT2D eigenvalue weighted by atomic mass is 10.2. The first-order valence-electron chi connectivity index (χ1n) is 4.50. The first-order valence-corrected chi connectivity index (χ1v) is 4.50. The van der Waals surface area contributed by atoms with E-state index in [-0.39, 0.29) is 0 Å². The van der Waals surface area contributed by atoms with Gasteiger partial charge in [0.15, 0.2) is 0 Å². The summed E-state index contributed by atoms with van der Waals surface area (Å²) in [5.74, 6) is -0.474. The predicted octanol–water partition coefficient (Wildman–Crippen LogP) is 0.507. The van der Waals surface area contributed by atoms with Gasteiger partial charge in [-0.3, -0.25) is 0 Å². The van der Waals surface area contributed by atoms with Crippen LogP contribution in [0, 0.1) is 0 Å². The molecule has 5 nitrogen and oxygen atoms in total. The molecule has 0 bridgehead atoms. The minimum absolute atomic E-state index is 0.474. The average molecular weight is 205 g/mol. The van der Waals surface area contributed by atoms with Gasteiger partial charge in [-0.05, 0) is 18.2 Å². The van der Waals surface area contributed by atoms with Gasteiger partial charge in [0.25, 0.3) is 0 Å². The minimum Gasteiger partial charge on any atom is -0.468 e. The van der Waals surface area contributed by atoms with E-state index < -0.39 is 12.0 Å². The van der Waals surface area contributed by atoms with E-state index in [1.807, 2.05) is 18.2 Å². The fourth-order valence-electron chi connectivity index (χ4n) is 1.45. The van der Waals surface area contributed by atoms with Gasteiger partial charge in [0.05, 0.1) is 18.3 Å². The first-order chi connectivity index (χ1) is 7.24. The van der Waals surface area contributed by atoms with Crippen molar-refractivity contribution in [1.29, 1.82) is 0 Å². The molecule has 0 aliphatic carbocycles. The van der Waals surface area contributed by atoms with Crippen LogP contribution in [0.4, 0.5) is 0 Å². The van der Waals surface area contributed by atoms with Crippen LogP contribution < -0.4 is 5.73 Å². The van der Waals surface area contributed by atoms with Gasteiger partial charge in [0, 0.05) is 6.20 Å². The summed E-state index contributed by atoms with van der Waals surface area (Å²) in [5, 5.41) is 4.09. The summed E-state index contributed by atoms with van der Waals surface area (Å²) in [5.41, 5.74) is 7.25. The zero-order valence-corrected chi connectivity index (χ0v) is 8.25. The van der Waals surface area contributed by atoms with Crippen molar-refractivity contribution >= 4 is 11.5 Å². The third-order valence-electron chi connectivity index (χ3n) is 2.22. The Morgan fingerprint density at radius 2 is 2.33 bits per heavy atom. The summed E-state index contributed by atoms with van der Waals surface area (Å²) in [6, 6.07) is 6.50. The summed E-state index contributed by atoms with van der Waals surface area (Å²) in [6.45, 7) is 0. The Morgan fingerprint density at radius 3 is 3.07 bits per heavy atom. The van der Waals surface area contributed by atoms with Gasteiger partial charge in [0.2, 0.25) is 0 Å². The van der Waals surface area contributed by atoms with Crippen molar-refractivity contribution in [3.63, 3.8) is 0 Å². The van der Waals surface area contributed by atoms with Crippen molar-refractivity contribution in [1.82, 2.24) is 9.61 Å². The Hall–Kier alpha value is -1.88. The molecule has 2 aromatic heterocycles. The molecule has 2 heterocycles. The van der Waals surface area contributed by atoms with Crippen LogP contribution in [-0.2, 0) is 9.53 Å². The van der Waals surface area contributed by atoms with Crippen LogP contribution in [0.5, 0.6) is 0 Å². The molecular weight excluding hydrogens is 194 g/mol. The molecule has 0 amide bonds. The van der Waals surface area contributed by atoms with Crippen molar-refractivity contribution in [3.05, 3.63) is 36.2 Å². The molecule has 0 saturated carbocycles. The van der Waals surface area contributed by atoms with Crippen LogP contribution in [0.1, 0.15) is 11.7 Å². The Balaban J connectivity index is 2.51. The molecule has 0 radical (unpaired) electrons. The summed E-state index contributed by atoms with van der Waals surface area (Å²) < 4.78 is 6.21. The van der Waals surface area contributed by atoms with Gasteiger partial charge < -0.3 is 10.5 Å². The Kier molecular flexibility index (Phi) is 2.39. The van der Waals surface area contributed by atoms with E-state index in [9.17, 15) is 4.79 Å². The first kappa shape index (κ1) is 9.67. The smallest absolute Gasteiger partial charge is 0.328 e. The third-order valence-corrected chi connectivity index (χ3v) is 2.22. The maximum Gasteiger partial charge on any atom is 0.328 e. The molecule has 0 aromatic carbocycles. The highest BCUT2D eigenvalue weighted by molar-refractivity contribution is 5.77. The van der Waals surface area contributed by atoms with Crippen molar-refractivity contribution in [2.45, 2.75) is 6.04 Å². The molecule has 0 saturated heterocycles. The number of pyridine rings is 1. The highest BCUT2D eigenvalue weighted by Crippen LogP contribution is 2.13. The van der Waals surface area contributed by atoms with Crippen LogP contribution >= 0.6 is 0 Å². The summed E-state index contributed by atoms with van der Waals surface area (Å²) in [7, 11) is 1.31. The van der Waals surface area contributed by atoms with E-state index in [0.717, 1.165) is 5.52 Å². The molecule has 1 atom stereocenters. The van der Waals surface area contributed by atoms with Crippen LogP contribution in [0.15, 0.2) is 30.5 Å². The molecule has 0 unspecified atom stereocenters. The van der Waals surface area contributed by atoms with E-state index >= 15 is 0 Å². The number of hydrogen-bond donors (Lipinski definition) is 1. The number of carbonyl (C=O) groups is 1. The summed E-state index contributed by atoms with van der Waals surface area (Å²) in [6.07, 6.45) is 1.66. The minimum atomic E-state index is -0.807. The molecule has 5 heteroatoms. The number of carbonyl (C=O) groups excluding carboxylic acids is 1. The molecular formula is C10H11N3O2. The molecule has 0 aliphatic rings. The SMILES string of the molecule is COC(=O)[C@@H](N)c1cccc2ccnn12. The van der Waals surface area contributed by atoms with Gasteiger partial charge in [-0.15, -0.1) is 0 Å². The van der Waals surface area contributed by atoms with E-state index in [2.05, 4.69) is 9.84 Å².